The van der Waals surface area contributed by atoms with Crippen LogP contribution >= 0.6 is 23.1 Å². The molecule has 0 spiro atoms. The first-order valence-electron chi connectivity index (χ1n) is 8.86. The minimum atomic E-state index is -0.331. The molecule has 1 unspecified atom stereocenters. The normalized spacial score (nSPS) is 19.0. The molecule has 1 aliphatic rings. The van der Waals surface area contributed by atoms with Crippen molar-refractivity contribution in [2.45, 2.75) is 39.7 Å². The van der Waals surface area contributed by atoms with Crippen LogP contribution in [0.25, 0.3) is 6.08 Å². The summed E-state index contributed by atoms with van der Waals surface area (Å²) in [5.74, 6) is 0.582. The lowest BCUT2D eigenvalue weighted by Gasteiger charge is -2.39. The first-order chi connectivity index (χ1) is 12.8. The van der Waals surface area contributed by atoms with Gasteiger partial charge in [0.2, 0.25) is 5.13 Å². The summed E-state index contributed by atoms with van der Waals surface area (Å²) < 4.78 is 18.2. The van der Waals surface area contributed by atoms with Crippen LogP contribution in [-0.2, 0) is 0 Å². The first kappa shape index (κ1) is 19.8. The highest BCUT2D eigenvalue weighted by Crippen LogP contribution is 2.30. The Morgan fingerprint density at radius 3 is 2.89 bits per heavy atom. The molecule has 2 aromatic rings. The average molecular weight is 409 g/mol. The third-order valence-corrected chi connectivity index (χ3v) is 5.60. The van der Waals surface area contributed by atoms with E-state index in [1.54, 1.807) is 19.1 Å². The second kappa shape index (κ2) is 8.35. The molecule has 1 aromatic heterocycles. The van der Waals surface area contributed by atoms with Crippen LogP contribution in [-0.4, -0.2) is 32.9 Å². The summed E-state index contributed by atoms with van der Waals surface area (Å²) in [4.78, 5) is 18.7. The molecular formula is C19H22ClFN4OS. The van der Waals surface area contributed by atoms with E-state index < -0.39 is 0 Å². The molecule has 0 bridgehead atoms. The first-order valence-corrected chi connectivity index (χ1v) is 10.0. The molecule has 1 N–H and O–H groups in total. The Kier molecular flexibility index (Phi) is 6.11. The number of aryl methyl sites for hydroxylation is 1. The molecule has 2 amide bonds. The summed E-state index contributed by atoms with van der Waals surface area (Å²) in [5.41, 5.74) is 1.66. The van der Waals surface area contributed by atoms with E-state index in [1.807, 2.05) is 11.0 Å². The minimum absolute atomic E-state index is 0.0365. The number of carbonyl (C=O) groups is 1. The number of halogens is 2. The van der Waals surface area contributed by atoms with Gasteiger partial charge in [-0.05, 0) is 37.8 Å². The summed E-state index contributed by atoms with van der Waals surface area (Å²) in [6, 6.07) is 4.56. The Hall–Kier alpha value is -1.99. The Morgan fingerprint density at radius 2 is 2.26 bits per heavy atom. The second-order valence-electron chi connectivity index (χ2n) is 7.00. The molecule has 0 aliphatic carbocycles. The van der Waals surface area contributed by atoms with Gasteiger partial charge in [0.15, 0.2) is 0 Å². The molecular weight excluding hydrogens is 387 g/mol. The number of aromatic nitrogens is 2. The summed E-state index contributed by atoms with van der Waals surface area (Å²) in [7, 11) is 0. The van der Waals surface area contributed by atoms with E-state index >= 15 is 0 Å². The maximum atomic E-state index is 14.1. The van der Waals surface area contributed by atoms with Crippen LogP contribution < -0.4 is 5.32 Å². The molecule has 0 saturated carbocycles. The number of nitrogens with zero attached hydrogens (tertiary/aromatic N) is 3. The van der Waals surface area contributed by atoms with Gasteiger partial charge in [-0.1, -0.05) is 43.2 Å². The highest BCUT2D eigenvalue weighted by atomic mass is 35.5. The topological polar surface area (TPSA) is 58.1 Å². The molecule has 144 valence electrons. The van der Waals surface area contributed by atoms with Crippen LogP contribution in [0.1, 0.15) is 38.1 Å². The Balaban J connectivity index is 1.74. The van der Waals surface area contributed by atoms with E-state index in [2.05, 4.69) is 28.5 Å². The van der Waals surface area contributed by atoms with E-state index in [4.69, 9.17) is 11.6 Å². The van der Waals surface area contributed by atoms with Gasteiger partial charge in [0.1, 0.15) is 11.6 Å². The van der Waals surface area contributed by atoms with Crippen molar-refractivity contribution in [2.24, 2.45) is 5.92 Å². The summed E-state index contributed by atoms with van der Waals surface area (Å²) in [6.07, 6.45) is 3.29. The van der Waals surface area contributed by atoms with Gasteiger partial charge >= 0.3 is 6.03 Å². The van der Waals surface area contributed by atoms with E-state index in [9.17, 15) is 9.18 Å². The average Bonchev–Trinajstić information content (AvgIpc) is 3.02. The van der Waals surface area contributed by atoms with Crippen LogP contribution in [0.3, 0.4) is 0 Å². The number of anilines is 1. The molecule has 27 heavy (non-hydrogen) atoms. The number of hydrogen-bond donors (Lipinski definition) is 1. The lowest BCUT2D eigenvalue weighted by atomic mass is 9.88. The van der Waals surface area contributed by atoms with Gasteiger partial charge in [-0.2, -0.15) is 4.37 Å². The fourth-order valence-corrected chi connectivity index (χ4v) is 3.96. The second-order valence-corrected chi connectivity index (χ2v) is 8.19. The number of piperidine rings is 1. The Bertz CT molecular complexity index is 867. The number of urea groups is 1. The predicted octanol–water partition coefficient (Wildman–Crippen LogP) is 5.37. The van der Waals surface area contributed by atoms with Gasteiger partial charge < -0.3 is 4.90 Å². The number of nitrogens with one attached hydrogen (secondary N) is 1. The zero-order chi connectivity index (χ0) is 19.6. The van der Waals surface area contributed by atoms with Gasteiger partial charge in [0.05, 0.1) is 0 Å². The third-order valence-electron chi connectivity index (χ3n) is 4.64. The van der Waals surface area contributed by atoms with Gasteiger partial charge in [-0.25, -0.2) is 14.2 Å². The summed E-state index contributed by atoms with van der Waals surface area (Å²) in [6.45, 7) is 6.54. The summed E-state index contributed by atoms with van der Waals surface area (Å²) in [5, 5.41) is 3.72. The van der Waals surface area contributed by atoms with Crippen LogP contribution in [0, 0.1) is 18.7 Å². The van der Waals surface area contributed by atoms with E-state index in [0.29, 0.717) is 40.9 Å². The van der Waals surface area contributed by atoms with Crippen LogP contribution in [0.15, 0.2) is 23.8 Å². The highest BCUT2D eigenvalue weighted by molar-refractivity contribution is 7.09. The lowest BCUT2D eigenvalue weighted by Crippen LogP contribution is -2.48. The molecule has 2 heterocycles. The molecule has 5 nitrogen and oxygen atoms in total. The molecule has 8 heteroatoms. The van der Waals surface area contributed by atoms with Gasteiger partial charge in [-0.15, -0.1) is 0 Å². The Morgan fingerprint density at radius 1 is 1.48 bits per heavy atom. The molecule has 1 atom stereocenters. The fraction of sp³-hybridized carbons (Fsp3) is 0.421. The summed E-state index contributed by atoms with van der Waals surface area (Å²) >= 11 is 7.00. The number of rotatable bonds is 3. The monoisotopic (exact) mass is 408 g/mol. The van der Waals surface area contributed by atoms with Crippen molar-refractivity contribution in [1.82, 2.24) is 14.3 Å². The quantitative estimate of drug-likeness (QED) is 0.742. The largest absolute Gasteiger partial charge is 0.323 e. The molecule has 1 saturated heterocycles. The Labute approximate surface area is 167 Å². The van der Waals surface area contributed by atoms with Gasteiger partial charge in [-0.3, -0.25) is 5.32 Å². The van der Waals surface area contributed by atoms with Crippen LogP contribution in [0.5, 0.6) is 0 Å². The van der Waals surface area contributed by atoms with Crippen LogP contribution in [0.4, 0.5) is 14.3 Å². The zero-order valence-electron chi connectivity index (χ0n) is 15.5. The molecule has 3 rings (SSSR count). The number of hydrogen-bond acceptors (Lipinski definition) is 4. The van der Waals surface area contributed by atoms with E-state index in [0.717, 1.165) is 5.57 Å². The third kappa shape index (κ3) is 4.84. The van der Waals surface area contributed by atoms with Crippen molar-refractivity contribution in [3.8, 4) is 0 Å². The smallest absolute Gasteiger partial charge is 0.321 e. The predicted molar refractivity (Wildman–Crippen MR) is 108 cm³/mol. The van der Waals surface area contributed by atoms with Crippen molar-refractivity contribution in [1.29, 1.82) is 0 Å². The van der Waals surface area contributed by atoms with Crippen molar-refractivity contribution in [2.75, 3.05) is 11.9 Å². The SMILES string of the molecule is Cc1nsc(NC(=O)N2CC/C(=C/c3ccc(Cl)cc3F)CC2C(C)C)n1. The number of benzene rings is 1. The number of amides is 2. The fourth-order valence-electron chi connectivity index (χ4n) is 3.24. The molecule has 1 fully saturated rings. The maximum Gasteiger partial charge on any atom is 0.323 e. The standard InChI is InChI=1S/C19H22ClFN4OS/c1-11(2)17-9-13(8-14-4-5-15(20)10-16(14)21)6-7-25(17)19(26)23-18-22-12(3)24-27-18/h4-5,8,10-11,17H,6-7,9H2,1-3H3,(H,22,23,24,26)/b13-8-. The zero-order valence-corrected chi connectivity index (χ0v) is 17.1. The van der Waals surface area contributed by atoms with Gasteiger partial charge in [0, 0.05) is 34.7 Å². The lowest BCUT2D eigenvalue weighted by molar-refractivity contribution is 0.154. The van der Waals surface area contributed by atoms with Crippen molar-refractivity contribution < 1.29 is 9.18 Å². The highest BCUT2D eigenvalue weighted by Gasteiger charge is 2.31. The van der Waals surface area contributed by atoms with Crippen molar-refractivity contribution >= 4 is 40.4 Å². The van der Waals surface area contributed by atoms with Crippen LogP contribution in [0.2, 0.25) is 5.02 Å². The number of carbonyl (C=O) groups excluding carboxylic acids is 1. The maximum absolute atomic E-state index is 14.1. The van der Waals surface area contributed by atoms with E-state index in [-0.39, 0.29) is 23.8 Å². The molecule has 1 aliphatic heterocycles. The van der Waals surface area contributed by atoms with Crippen molar-refractivity contribution in [3.05, 3.63) is 46.0 Å². The number of likely N-dealkylation sites (tertiary alicyclic amines) is 1. The van der Waals surface area contributed by atoms with Crippen molar-refractivity contribution in [3.63, 3.8) is 0 Å². The van der Waals surface area contributed by atoms with E-state index in [1.165, 1.54) is 17.6 Å². The molecule has 1 aromatic carbocycles. The minimum Gasteiger partial charge on any atom is -0.321 e. The van der Waals surface area contributed by atoms with Gasteiger partial charge in [0.25, 0.3) is 0 Å². The molecule has 0 radical (unpaired) electrons.